The van der Waals surface area contributed by atoms with Gasteiger partial charge in [0.15, 0.2) is 0 Å². The van der Waals surface area contributed by atoms with E-state index in [1.807, 2.05) is 0 Å². The Morgan fingerprint density at radius 3 is 2.77 bits per heavy atom. The van der Waals surface area contributed by atoms with Gasteiger partial charge in [0, 0.05) is 11.1 Å². The minimum atomic E-state index is -0.0307. The second-order valence-electron chi connectivity index (χ2n) is 2.41. The van der Waals surface area contributed by atoms with E-state index in [0.29, 0.717) is 17.4 Å². The summed E-state index contributed by atoms with van der Waals surface area (Å²) >= 11 is 0. The Kier molecular flexibility index (Phi) is 3.03. The zero-order valence-electron chi connectivity index (χ0n) is 6.77. The van der Waals surface area contributed by atoms with E-state index in [1.165, 1.54) is 18.2 Å². The summed E-state index contributed by atoms with van der Waals surface area (Å²) in [5.41, 5.74) is 0.846. The monoisotopic (exact) mass is 180 g/mol. The summed E-state index contributed by atoms with van der Waals surface area (Å²) in [5, 5.41) is 9.25. The average Bonchev–Trinajstić information content (AvgIpc) is 2.17. The maximum absolute atomic E-state index is 10.4. The molecule has 0 aromatic heterocycles. The first kappa shape index (κ1) is 9.25. The Balaban J connectivity index is 2.89. The van der Waals surface area contributed by atoms with E-state index < -0.39 is 0 Å². The SMILES string of the molecule is O=COCc1cc(C=O)ccc1O. The highest BCUT2D eigenvalue weighted by atomic mass is 16.5. The molecule has 0 aliphatic heterocycles. The van der Waals surface area contributed by atoms with Crippen molar-refractivity contribution in [1.82, 2.24) is 0 Å². The number of hydrogen-bond donors (Lipinski definition) is 1. The van der Waals surface area contributed by atoms with Crippen LogP contribution in [0.5, 0.6) is 5.75 Å². The maximum Gasteiger partial charge on any atom is 0.293 e. The number of phenolic OH excluding ortho intramolecular Hbond substituents is 1. The molecule has 0 aliphatic carbocycles. The molecule has 4 nitrogen and oxygen atoms in total. The molecule has 0 unspecified atom stereocenters. The van der Waals surface area contributed by atoms with Crippen molar-refractivity contribution in [2.75, 3.05) is 0 Å². The third-order valence-electron chi connectivity index (χ3n) is 1.55. The van der Waals surface area contributed by atoms with E-state index >= 15 is 0 Å². The number of carbonyl (C=O) groups excluding carboxylic acids is 2. The normalized spacial score (nSPS) is 9.23. The van der Waals surface area contributed by atoms with Crippen molar-refractivity contribution in [3.8, 4) is 5.75 Å². The highest BCUT2D eigenvalue weighted by Gasteiger charge is 2.02. The lowest BCUT2D eigenvalue weighted by Crippen LogP contribution is -1.92. The van der Waals surface area contributed by atoms with Crippen LogP contribution in [0.3, 0.4) is 0 Å². The van der Waals surface area contributed by atoms with Gasteiger partial charge in [-0.2, -0.15) is 0 Å². The lowest BCUT2D eigenvalue weighted by molar-refractivity contribution is -0.129. The van der Waals surface area contributed by atoms with Crippen molar-refractivity contribution in [1.29, 1.82) is 0 Å². The van der Waals surface area contributed by atoms with Gasteiger partial charge in [0.1, 0.15) is 18.6 Å². The number of hydrogen-bond acceptors (Lipinski definition) is 4. The van der Waals surface area contributed by atoms with E-state index in [9.17, 15) is 14.7 Å². The minimum Gasteiger partial charge on any atom is -0.508 e. The Bertz CT molecular complexity index is 319. The van der Waals surface area contributed by atoms with Gasteiger partial charge in [-0.15, -0.1) is 0 Å². The largest absolute Gasteiger partial charge is 0.508 e. The zero-order chi connectivity index (χ0) is 9.68. The van der Waals surface area contributed by atoms with Crippen LogP contribution < -0.4 is 0 Å². The molecule has 0 amide bonds. The van der Waals surface area contributed by atoms with E-state index in [-0.39, 0.29) is 18.8 Å². The second-order valence-corrected chi connectivity index (χ2v) is 2.41. The van der Waals surface area contributed by atoms with Crippen molar-refractivity contribution >= 4 is 12.8 Å². The smallest absolute Gasteiger partial charge is 0.293 e. The van der Waals surface area contributed by atoms with Gasteiger partial charge >= 0.3 is 0 Å². The van der Waals surface area contributed by atoms with Gasteiger partial charge in [0.25, 0.3) is 6.47 Å². The predicted octanol–water partition coefficient (Wildman–Crippen LogP) is 0.878. The number of ether oxygens (including phenoxy) is 1. The Labute approximate surface area is 74.8 Å². The number of rotatable bonds is 4. The van der Waals surface area contributed by atoms with Crippen LogP contribution in [-0.2, 0) is 16.1 Å². The number of aldehydes is 1. The van der Waals surface area contributed by atoms with Crippen molar-refractivity contribution < 1.29 is 19.4 Å². The lowest BCUT2D eigenvalue weighted by atomic mass is 10.1. The molecule has 0 atom stereocenters. The van der Waals surface area contributed by atoms with Crippen molar-refractivity contribution in [2.45, 2.75) is 6.61 Å². The van der Waals surface area contributed by atoms with Gasteiger partial charge in [-0.3, -0.25) is 9.59 Å². The van der Waals surface area contributed by atoms with Crippen molar-refractivity contribution in [3.05, 3.63) is 29.3 Å². The molecule has 0 radical (unpaired) electrons. The highest BCUT2D eigenvalue weighted by molar-refractivity contribution is 5.75. The third-order valence-corrected chi connectivity index (χ3v) is 1.55. The topological polar surface area (TPSA) is 63.6 Å². The molecular formula is C9H8O4. The Hall–Kier alpha value is -1.84. The fourth-order valence-corrected chi connectivity index (χ4v) is 0.918. The number of aromatic hydroxyl groups is 1. The van der Waals surface area contributed by atoms with Crippen LogP contribution in [0.4, 0.5) is 0 Å². The van der Waals surface area contributed by atoms with Crippen LogP contribution in [-0.4, -0.2) is 17.9 Å². The fraction of sp³-hybridized carbons (Fsp3) is 0.111. The van der Waals surface area contributed by atoms with Crippen LogP contribution in [0.15, 0.2) is 18.2 Å². The molecule has 1 aromatic carbocycles. The van der Waals surface area contributed by atoms with E-state index in [1.54, 1.807) is 0 Å². The first-order valence-electron chi connectivity index (χ1n) is 3.60. The molecule has 0 heterocycles. The number of benzene rings is 1. The predicted molar refractivity (Wildman–Crippen MR) is 44.3 cm³/mol. The molecule has 1 aromatic rings. The van der Waals surface area contributed by atoms with Gasteiger partial charge in [-0.25, -0.2) is 0 Å². The van der Waals surface area contributed by atoms with Gasteiger partial charge in [0.05, 0.1) is 0 Å². The number of phenols is 1. The van der Waals surface area contributed by atoms with Crippen LogP contribution in [0, 0.1) is 0 Å². The highest BCUT2D eigenvalue weighted by Crippen LogP contribution is 2.18. The third kappa shape index (κ3) is 2.30. The van der Waals surface area contributed by atoms with Crippen molar-refractivity contribution in [3.63, 3.8) is 0 Å². The molecule has 1 N–H and O–H groups in total. The lowest BCUT2D eigenvalue weighted by Gasteiger charge is -2.02. The first-order chi connectivity index (χ1) is 6.27. The van der Waals surface area contributed by atoms with Gasteiger partial charge in [-0.1, -0.05) is 0 Å². The van der Waals surface area contributed by atoms with Crippen LogP contribution in [0.25, 0.3) is 0 Å². The molecule has 0 bridgehead atoms. The van der Waals surface area contributed by atoms with E-state index in [2.05, 4.69) is 4.74 Å². The summed E-state index contributed by atoms with van der Waals surface area (Å²) in [6.07, 6.45) is 0.657. The molecule has 0 fully saturated rings. The average molecular weight is 180 g/mol. The van der Waals surface area contributed by atoms with Gasteiger partial charge < -0.3 is 9.84 Å². The van der Waals surface area contributed by atoms with Crippen LogP contribution in [0.1, 0.15) is 15.9 Å². The summed E-state index contributed by atoms with van der Waals surface area (Å²) < 4.78 is 4.44. The molecule has 68 valence electrons. The standard InChI is InChI=1S/C9H8O4/c10-4-7-1-2-9(12)8(3-7)5-13-6-11/h1-4,6,12H,5H2. The molecule has 13 heavy (non-hydrogen) atoms. The van der Waals surface area contributed by atoms with Crippen LogP contribution in [0.2, 0.25) is 0 Å². The molecule has 4 heteroatoms. The molecular weight excluding hydrogens is 172 g/mol. The minimum absolute atomic E-state index is 0.00690. The van der Waals surface area contributed by atoms with E-state index in [0.717, 1.165) is 0 Å². The summed E-state index contributed by atoms with van der Waals surface area (Å²) in [4.78, 5) is 20.2. The summed E-state index contributed by atoms with van der Waals surface area (Å²) in [6.45, 7) is 0.254. The maximum atomic E-state index is 10.4. The summed E-state index contributed by atoms with van der Waals surface area (Å²) in [6, 6.07) is 4.33. The van der Waals surface area contributed by atoms with Crippen molar-refractivity contribution in [2.24, 2.45) is 0 Å². The number of carbonyl (C=O) groups is 2. The van der Waals surface area contributed by atoms with E-state index in [4.69, 9.17) is 0 Å². The fourth-order valence-electron chi connectivity index (χ4n) is 0.918. The molecule has 0 saturated heterocycles. The molecule has 0 saturated carbocycles. The summed E-state index contributed by atoms with van der Waals surface area (Å²) in [5.74, 6) is 0.00690. The summed E-state index contributed by atoms with van der Waals surface area (Å²) in [7, 11) is 0. The quantitative estimate of drug-likeness (QED) is 0.698. The molecule has 0 aliphatic rings. The molecule has 0 spiro atoms. The van der Waals surface area contributed by atoms with Gasteiger partial charge in [-0.05, 0) is 18.2 Å². The molecule has 1 rings (SSSR count). The van der Waals surface area contributed by atoms with Crippen LogP contribution >= 0.6 is 0 Å². The Morgan fingerprint density at radius 2 is 2.15 bits per heavy atom. The second kappa shape index (κ2) is 4.25. The zero-order valence-corrected chi connectivity index (χ0v) is 6.77. The van der Waals surface area contributed by atoms with Gasteiger partial charge in [0.2, 0.25) is 0 Å². The first-order valence-corrected chi connectivity index (χ1v) is 3.60. The Morgan fingerprint density at radius 1 is 1.38 bits per heavy atom.